The smallest absolute Gasteiger partial charge is 0.255 e. The Balaban J connectivity index is 1.66. The lowest BCUT2D eigenvalue weighted by atomic mass is 10.2. The van der Waals surface area contributed by atoms with Gasteiger partial charge in [-0.25, -0.2) is 4.98 Å². The van der Waals surface area contributed by atoms with Crippen LogP contribution in [0.25, 0.3) is 0 Å². The number of nitrogens with zero attached hydrogens (tertiary/aromatic N) is 1. The number of anilines is 3. The molecule has 1 aromatic heterocycles. The van der Waals surface area contributed by atoms with Gasteiger partial charge in [-0.3, -0.25) is 4.79 Å². The zero-order chi connectivity index (χ0) is 17.6. The van der Waals surface area contributed by atoms with E-state index in [2.05, 4.69) is 31.5 Å². The number of amides is 1. The quantitative estimate of drug-likeness (QED) is 0.645. The number of benzene rings is 2. The molecule has 1 amide bonds. The van der Waals surface area contributed by atoms with Crippen LogP contribution in [0, 0.1) is 0 Å². The van der Waals surface area contributed by atoms with Gasteiger partial charge >= 0.3 is 0 Å². The van der Waals surface area contributed by atoms with Crippen LogP contribution >= 0.6 is 15.9 Å². The molecule has 0 radical (unpaired) electrons. The Hall–Kier alpha value is -2.86. The number of methoxy groups -OCH3 is 1. The molecule has 126 valence electrons. The van der Waals surface area contributed by atoms with Gasteiger partial charge in [0.25, 0.3) is 5.91 Å². The van der Waals surface area contributed by atoms with Gasteiger partial charge in [-0.2, -0.15) is 0 Å². The van der Waals surface area contributed by atoms with Crippen molar-refractivity contribution in [1.82, 2.24) is 4.98 Å². The molecule has 2 N–H and O–H groups in total. The number of pyridine rings is 1. The van der Waals surface area contributed by atoms with Gasteiger partial charge < -0.3 is 15.4 Å². The second kappa shape index (κ2) is 7.81. The third-order valence-corrected chi connectivity index (χ3v) is 3.94. The average Bonchev–Trinajstić information content (AvgIpc) is 2.63. The number of halogens is 1. The molecule has 0 aliphatic heterocycles. The Morgan fingerprint density at radius 3 is 2.60 bits per heavy atom. The Morgan fingerprint density at radius 1 is 1.04 bits per heavy atom. The Labute approximate surface area is 154 Å². The molecule has 2 aromatic carbocycles. The lowest BCUT2D eigenvalue weighted by Gasteiger charge is -2.09. The summed E-state index contributed by atoms with van der Waals surface area (Å²) in [4.78, 5) is 16.6. The van der Waals surface area contributed by atoms with Crippen molar-refractivity contribution < 1.29 is 9.53 Å². The van der Waals surface area contributed by atoms with Crippen LogP contribution < -0.4 is 15.4 Å². The van der Waals surface area contributed by atoms with E-state index < -0.39 is 0 Å². The number of carbonyl (C=O) groups excluding carboxylic acids is 1. The largest absolute Gasteiger partial charge is 0.497 e. The first-order valence-electron chi connectivity index (χ1n) is 7.58. The number of hydrogen-bond donors (Lipinski definition) is 2. The van der Waals surface area contributed by atoms with Crippen molar-refractivity contribution in [3.8, 4) is 5.75 Å². The summed E-state index contributed by atoms with van der Waals surface area (Å²) in [6.07, 6.45) is 1.61. The van der Waals surface area contributed by atoms with Crippen LogP contribution in [0.1, 0.15) is 10.4 Å². The number of hydrogen-bond acceptors (Lipinski definition) is 4. The average molecular weight is 398 g/mol. The van der Waals surface area contributed by atoms with Crippen molar-refractivity contribution in [2.75, 3.05) is 17.7 Å². The van der Waals surface area contributed by atoms with Crippen LogP contribution in [0.4, 0.5) is 17.2 Å². The lowest BCUT2D eigenvalue weighted by molar-refractivity contribution is 0.102. The highest BCUT2D eigenvalue weighted by Gasteiger charge is 2.07. The topological polar surface area (TPSA) is 63.2 Å². The molecule has 0 spiro atoms. The molecule has 25 heavy (non-hydrogen) atoms. The molecule has 3 rings (SSSR count). The number of carbonyl (C=O) groups is 1. The van der Waals surface area contributed by atoms with Crippen molar-refractivity contribution in [2.24, 2.45) is 0 Å². The highest BCUT2D eigenvalue weighted by molar-refractivity contribution is 9.10. The second-order valence-corrected chi connectivity index (χ2v) is 6.17. The number of nitrogens with one attached hydrogen (secondary N) is 2. The predicted molar refractivity (Wildman–Crippen MR) is 103 cm³/mol. The summed E-state index contributed by atoms with van der Waals surface area (Å²) >= 11 is 3.43. The van der Waals surface area contributed by atoms with Crippen LogP contribution in [0.2, 0.25) is 0 Å². The highest BCUT2D eigenvalue weighted by Crippen LogP contribution is 2.20. The van der Waals surface area contributed by atoms with Gasteiger partial charge in [0.1, 0.15) is 11.6 Å². The molecular formula is C19H16BrN3O2. The van der Waals surface area contributed by atoms with Gasteiger partial charge in [0.2, 0.25) is 0 Å². The number of ether oxygens (including phenoxy) is 1. The predicted octanol–water partition coefficient (Wildman–Crippen LogP) is 4.85. The highest BCUT2D eigenvalue weighted by atomic mass is 79.9. The van der Waals surface area contributed by atoms with Crippen LogP contribution in [-0.2, 0) is 0 Å². The van der Waals surface area contributed by atoms with Gasteiger partial charge in [0.05, 0.1) is 19.0 Å². The van der Waals surface area contributed by atoms with E-state index in [0.717, 1.165) is 10.2 Å². The van der Waals surface area contributed by atoms with Gasteiger partial charge in [-0.1, -0.05) is 28.1 Å². The van der Waals surface area contributed by atoms with Crippen LogP contribution in [0.15, 0.2) is 71.3 Å². The van der Waals surface area contributed by atoms with Crippen LogP contribution in [0.5, 0.6) is 5.75 Å². The summed E-state index contributed by atoms with van der Waals surface area (Å²) < 4.78 is 6.12. The summed E-state index contributed by atoms with van der Waals surface area (Å²) in [7, 11) is 1.57. The molecule has 6 heteroatoms. The fourth-order valence-electron chi connectivity index (χ4n) is 2.22. The zero-order valence-electron chi connectivity index (χ0n) is 13.5. The molecule has 0 fully saturated rings. The standard InChI is InChI=1S/C19H16BrN3O2/c1-25-17-7-2-4-13(10-17)19(24)23-16-8-9-18(21-12-16)22-15-6-3-5-14(20)11-15/h2-12H,1H3,(H,21,22)(H,23,24). The first-order chi connectivity index (χ1) is 12.1. The third-order valence-electron chi connectivity index (χ3n) is 3.45. The molecular weight excluding hydrogens is 382 g/mol. The number of rotatable bonds is 5. The molecule has 0 aliphatic rings. The molecule has 1 heterocycles. The normalized spacial score (nSPS) is 10.2. The fourth-order valence-corrected chi connectivity index (χ4v) is 2.62. The molecule has 5 nitrogen and oxygen atoms in total. The summed E-state index contributed by atoms with van der Waals surface area (Å²) in [5.41, 5.74) is 2.07. The van der Waals surface area contributed by atoms with E-state index in [1.165, 1.54) is 0 Å². The van der Waals surface area contributed by atoms with Gasteiger partial charge in [0.15, 0.2) is 0 Å². The minimum Gasteiger partial charge on any atom is -0.497 e. The van der Waals surface area contributed by atoms with Gasteiger partial charge in [-0.05, 0) is 48.5 Å². The van der Waals surface area contributed by atoms with E-state index in [-0.39, 0.29) is 5.91 Å². The maximum atomic E-state index is 12.3. The maximum Gasteiger partial charge on any atom is 0.255 e. The van der Waals surface area contributed by atoms with Crippen molar-refractivity contribution in [2.45, 2.75) is 0 Å². The monoisotopic (exact) mass is 397 g/mol. The van der Waals surface area contributed by atoms with Gasteiger partial charge in [0, 0.05) is 15.7 Å². The number of aromatic nitrogens is 1. The van der Waals surface area contributed by atoms with Crippen molar-refractivity contribution >= 4 is 39.0 Å². The van der Waals surface area contributed by atoms with Crippen LogP contribution in [0.3, 0.4) is 0 Å². The maximum absolute atomic E-state index is 12.3. The van der Waals surface area contributed by atoms with Crippen molar-refractivity contribution in [1.29, 1.82) is 0 Å². The molecule has 0 bridgehead atoms. The third kappa shape index (κ3) is 4.58. The molecule has 0 saturated carbocycles. The fraction of sp³-hybridized carbons (Fsp3) is 0.0526. The van der Waals surface area contributed by atoms with Crippen molar-refractivity contribution in [3.05, 3.63) is 76.9 Å². The van der Waals surface area contributed by atoms with Crippen LogP contribution in [-0.4, -0.2) is 18.0 Å². The lowest BCUT2D eigenvalue weighted by Crippen LogP contribution is -2.12. The van der Waals surface area contributed by atoms with E-state index in [4.69, 9.17) is 4.74 Å². The van der Waals surface area contributed by atoms with Gasteiger partial charge in [-0.15, -0.1) is 0 Å². The minimum absolute atomic E-state index is 0.214. The summed E-state index contributed by atoms with van der Waals surface area (Å²) in [5, 5.41) is 6.02. The van der Waals surface area contributed by atoms with E-state index in [1.54, 1.807) is 43.6 Å². The summed E-state index contributed by atoms with van der Waals surface area (Å²) in [6.45, 7) is 0. The Bertz CT molecular complexity index is 882. The summed E-state index contributed by atoms with van der Waals surface area (Å²) in [5.74, 6) is 1.12. The molecule has 0 saturated heterocycles. The van der Waals surface area contributed by atoms with E-state index >= 15 is 0 Å². The van der Waals surface area contributed by atoms with E-state index in [1.807, 2.05) is 30.3 Å². The second-order valence-electron chi connectivity index (χ2n) is 5.25. The van der Waals surface area contributed by atoms with E-state index in [9.17, 15) is 4.79 Å². The van der Waals surface area contributed by atoms with Crippen molar-refractivity contribution in [3.63, 3.8) is 0 Å². The summed E-state index contributed by atoms with van der Waals surface area (Å²) in [6, 6.07) is 18.4. The SMILES string of the molecule is COc1cccc(C(=O)Nc2ccc(Nc3cccc(Br)c3)nc2)c1. The first kappa shape index (κ1) is 17.0. The molecule has 0 unspecified atom stereocenters. The first-order valence-corrected chi connectivity index (χ1v) is 8.37. The Morgan fingerprint density at radius 2 is 1.88 bits per heavy atom. The van der Waals surface area contributed by atoms with E-state index in [0.29, 0.717) is 22.8 Å². The molecule has 0 aliphatic carbocycles. The zero-order valence-corrected chi connectivity index (χ0v) is 15.1. The molecule has 0 atom stereocenters. The molecule has 3 aromatic rings. The Kier molecular flexibility index (Phi) is 5.30. The minimum atomic E-state index is -0.214.